The van der Waals surface area contributed by atoms with Crippen LogP contribution >= 0.6 is 0 Å². The Balaban J connectivity index is 0.000000342. The molecule has 0 aromatic heterocycles. The molecule has 0 bridgehead atoms. The molecule has 0 saturated heterocycles. The average molecular weight is 1580 g/mol. The minimum absolute atomic E-state index is 0.000196. The third-order valence-corrected chi connectivity index (χ3v) is 16.6. The Labute approximate surface area is 661 Å². The number of benzene rings is 10. The summed E-state index contributed by atoms with van der Waals surface area (Å²) >= 11 is 0. The number of hydrogen-bond acceptors (Lipinski definition) is 28. The third kappa shape index (κ3) is 28.6. The highest BCUT2D eigenvalue weighted by atomic mass is 19.1. The van der Waals surface area contributed by atoms with E-state index in [0.29, 0.717) is 35.3 Å². The van der Waals surface area contributed by atoms with Crippen LogP contribution in [0.5, 0.6) is 92.0 Å². The molecule has 0 aliphatic rings. The van der Waals surface area contributed by atoms with Crippen LogP contribution in [0.2, 0.25) is 0 Å². The summed E-state index contributed by atoms with van der Waals surface area (Å²) in [4.78, 5) is 10.1. The largest absolute Gasteiger partial charge is 0.506 e. The van der Waals surface area contributed by atoms with E-state index in [1.54, 1.807) is 54.6 Å². The second-order valence-electron chi connectivity index (χ2n) is 25.6. The number of hydrogen-bond donors (Lipinski definition) is 22. The highest BCUT2D eigenvalue weighted by molar-refractivity contribution is 5.70. The van der Waals surface area contributed by atoms with Crippen molar-refractivity contribution in [2.75, 3.05) is 34.4 Å². The Morgan fingerprint density at radius 3 is 0.702 bits per heavy atom. The summed E-state index contributed by atoms with van der Waals surface area (Å²) in [6.45, 7) is 16.1. The van der Waals surface area contributed by atoms with E-state index < -0.39 is 10.7 Å². The van der Waals surface area contributed by atoms with Crippen LogP contribution in [0.25, 0.3) is 0 Å². The van der Waals surface area contributed by atoms with E-state index in [4.69, 9.17) is 65.0 Å². The van der Waals surface area contributed by atoms with Crippen molar-refractivity contribution in [1.29, 1.82) is 0 Å². The quantitative estimate of drug-likeness (QED) is 0.0104. The Bertz CT molecular complexity index is 4340. The number of nitro benzene ring substituents is 1. The number of nitro groups is 1. The number of aryl methyl sites for hydroxylation is 8. The molecule has 0 saturated carbocycles. The second-order valence-corrected chi connectivity index (χ2v) is 25.6. The van der Waals surface area contributed by atoms with Crippen molar-refractivity contribution in [2.24, 2.45) is 20.5 Å². The second kappa shape index (κ2) is 48.1. The Morgan fingerprint density at radius 2 is 0.491 bits per heavy atom. The zero-order chi connectivity index (χ0) is 85.5. The molecule has 10 aromatic rings. The topological polar surface area (TPSA) is 572 Å². The molecular weight excluding hydrogens is 1470 g/mol. The van der Waals surface area contributed by atoms with Gasteiger partial charge in [0.25, 0.3) is 5.69 Å². The lowest BCUT2D eigenvalue weighted by atomic mass is 10.1. The van der Waals surface area contributed by atoms with Crippen molar-refractivity contribution in [2.45, 2.75) is 158 Å². The van der Waals surface area contributed by atoms with Gasteiger partial charge in [0.15, 0.2) is 11.4 Å². The predicted octanol–water partition coefficient (Wildman–Crippen LogP) is 18.8. The van der Waals surface area contributed by atoms with Gasteiger partial charge in [0, 0.05) is 18.2 Å². The zero-order valence-electron chi connectivity index (χ0n) is 65.2. The normalized spacial score (nSPS) is 10.4. The molecule has 10 rings (SSSR count). The van der Waals surface area contributed by atoms with Crippen molar-refractivity contribution >= 4 is 62.6 Å². The van der Waals surface area contributed by atoms with Crippen LogP contribution < -0.4 is 34.4 Å². The van der Waals surface area contributed by atoms with Gasteiger partial charge >= 0.3 is 0 Å². The molecule has 0 amide bonds. The predicted molar refractivity (Wildman–Crippen MR) is 444 cm³/mol. The van der Waals surface area contributed by atoms with Crippen LogP contribution in [0.3, 0.4) is 0 Å². The van der Waals surface area contributed by atoms with Gasteiger partial charge in [0.05, 0.1) is 16.3 Å². The van der Waals surface area contributed by atoms with Gasteiger partial charge in [-0.3, -0.25) is 10.1 Å². The van der Waals surface area contributed by atoms with Crippen molar-refractivity contribution in [3.63, 3.8) is 0 Å². The van der Waals surface area contributed by atoms with Crippen molar-refractivity contribution < 1.29 is 91.0 Å². The number of non-ortho nitro benzene ring substituents is 1. The molecule has 0 aliphatic heterocycles. The monoisotopic (exact) mass is 1580 g/mol. The first-order valence-electron chi connectivity index (χ1n) is 36.8. The molecule has 0 fully saturated rings. The molecule has 0 heterocycles. The molecule has 29 nitrogen and oxygen atoms in total. The lowest BCUT2D eigenvalue weighted by Gasteiger charge is -2.06. The summed E-state index contributed by atoms with van der Waals surface area (Å²) in [7, 11) is 0. The minimum atomic E-state index is -0.507. The highest BCUT2D eigenvalue weighted by Crippen LogP contribution is 2.43. The molecule has 30 heteroatoms. The Morgan fingerprint density at radius 1 is 0.281 bits per heavy atom. The van der Waals surface area contributed by atoms with Crippen LogP contribution in [-0.2, 0) is 51.4 Å². The molecule has 10 aromatic carbocycles. The van der Waals surface area contributed by atoms with Gasteiger partial charge in [-0.05, 0) is 169 Å². The van der Waals surface area contributed by atoms with Crippen LogP contribution in [0, 0.1) is 15.9 Å². The first-order valence-corrected chi connectivity index (χ1v) is 36.8. The van der Waals surface area contributed by atoms with E-state index in [9.17, 15) is 65.6 Å². The maximum Gasteiger partial charge on any atom is 0.269 e. The van der Waals surface area contributed by atoms with Crippen molar-refractivity contribution in [3.8, 4) is 92.0 Å². The van der Waals surface area contributed by atoms with E-state index in [0.717, 1.165) is 123 Å². The summed E-state index contributed by atoms with van der Waals surface area (Å²) in [5, 5.41) is 177. The lowest BCUT2D eigenvalue weighted by Crippen LogP contribution is -1.91. The molecule has 0 radical (unpaired) electrons. The maximum atomic E-state index is 13.0. The molecular formula is C84H108FN11O18. The van der Waals surface area contributed by atoms with Crippen LogP contribution in [-0.4, -0.2) is 86.6 Å². The number of phenolic OH excluding ortho intramolecular Hbond substituents is 16. The van der Waals surface area contributed by atoms with Gasteiger partial charge < -0.3 is 116 Å². The van der Waals surface area contributed by atoms with E-state index in [1.165, 1.54) is 91.0 Å². The number of halogens is 1. The molecule has 614 valence electrons. The number of rotatable bonds is 21. The lowest BCUT2D eigenvalue weighted by molar-refractivity contribution is -0.384. The zero-order valence-corrected chi connectivity index (χ0v) is 65.2. The van der Waals surface area contributed by atoms with Gasteiger partial charge in [0.1, 0.15) is 132 Å². The Hall–Kier alpha value is -13.7. The number of nitrogens with zero attached hydrogens (tertiary/aromatic N) is 5. The van der Waals surface area contributed by atoms with E-state index in [2.05, 4.69) is 20.5 Å². The smallest absolute Gasteiger partial charge is 0.269 e. The number of nitrogens with two attached hydrogens (primary N) is 6. The van der Waals surface area contributed by atoms with Crippen LogP contribution in [0.4, 0.5) is 67.0 Å². The standard InChI is InChI=1S/C15H15FN2O2.C15H15N3O4.6C9H13NO2/c1-2-4-10-7-8-13(19)14(15(10)20)18-17-12-6-3-5-11(16)9-12;1-2-3-10-4-9-13(19)14(15(10)20)17-16-11-5-7-12(8-6-11)18(21)22;6*1-2-3-6-4-5-7(11)8(10)9(6)12/h3,5-9,19-20H,2,4H2,1H3;4-9,19-20H,2-3H2,1H3;6*4-5,11-12H,2-3,10H2,1H3. The molecule has 28 N–H and O–H groups in total. The fourth-order valence-electron chi connectivity index (χ4n) is 10.4. The highest BCUT2D eigenvalue weighted by Gasteiger charge is 2.17. The summed E-state index contributed by atoms with van der Waals surface area (Å²) < 4.78 is 13.0. The van der Waals surface area contributed by atoms with Crippen LogP contribution in [0.1, 0.15) is 151 Å². The van der Waals surface area contributed by atoms with E-state index >= 15 is 0 Å². The summed E-state index contributed by atoms with van der Waals surface area (Å²) in [6.07, 6.45) is 13.3. The number of azo groups is 2. The van der Waals surface area contributed by atoms with Gasteiger partial charge in [-0.25, -0.2) is 4.39 Å². The number of nitrogen functional groups attached to an aromatic ring is 6. The van der Waals surface area contributed by atoms with Gasteiger partial charge in [-0.15, -0.1) is 10.2 Å². The molecule has 0 atom stereocenters. The molecule has 0 unspecified atom stereocenters. The summed E-state index contributed by atoms with van der Waals surface area (Å²) in [6, 6.07) is 36.4. The molecule has 0 aliphatic carbocycles. The number of anilines is 6. The minimum Gasteiger partial charge on any atom is -0.506 e. The van der Waals surface area contributed by atoms with Crippen molar-refractivity contribution in [1.82, 2.24) is 0 Å². The van der Waals surface area contributed by atoms with Gasteiger partial charge in [-0.1, -0.05) is 161 Å². The summed E-state index contributed by atoms with van der Waals surface area (Å²) in [5.74, 6) is -1.27. The van der Waals surface area contributed by atoms with Crippen molar-refractivity contribution in [3.05, 3.63) is 206 Å². The van der Waals surface area contributed by atoms with E-state index in [1.807, 2.05) is 55.4 Å². The molecule has 114 heavy (non-hydrogen) atoms. The van der Waals surface area contributed by atoms with E-state index in [-0.39, 0.29) is 143 Å². The van der Waals surface area contributed by atoms with Gasteiger partial charge in [-0.2, -0.15) is 10.2 Å². The SMILES string of the molecule is CCCc1ccc(O)c(N)c1O.CCCc1ccc(O)c(N)c1O.CCCc1ccc(O)c(N)c1O.CCCc1ccc(O)c(N)c1O.CCCc1ccc(O)c(N)c1O.CCCc1ccc(O)c(N)c1O.CCCc1ccc(O)c(N=Nc2ccc([N+](=O)[O-])cc2)c1O.CCCc1ccc(O)c(N=Nc2cccc(F)c2)c1O. The number of phenols is 16. The van der Waals surface area contributed by atoms with Crippen LogP contribution in [0.15, 0.2) is 166 Å². The Kier molecular flexibility index (Phi) is 39.9. The fourth-order valence-corrected chi connectivity index (χ4v) is 10.4. The van der Waals surface area contributed by atoms with Gasteiger partial charge in [0.2, 0.25) is 0 Å². The number of aromatic hydroxyl groups is 16. The first-order chi connectivity index (χ1) is 54.1. The fraction of sp³-hybridized carbons (Fsp3) is 0.286. The average Bonchev–Trinajstić information content (AvgIpc) is 0.827. The third-order valence-electron chi connectivity index (χ3n) is 16.6. The summed E-state index contributed by atoms with van der Waals surface area (Å²) in [5.41, 5.74) is 39.6. The maximum absolute atomic E-state index is 13.0. The molecule has 0 spiro atoms. The first kappa shape index (κ1) is 94.5.